The van der Waals surface area contributed by atoms with Crippen molar-refractivity contribution >= 4 is 22.8 Å². The van der Waals surface area contributed by atoms with E-state index in [1.54, 1.807) is 0 Å². The number of imidazole rings is 1. The lowest BCUT2D eigenvalue weighted by Gasteiger charge is -2.41. The molecule has 1 fully saturated rings. The summed E-state index contributed by atoms with van der Waals surface area (Å²) in [5.74, 6) is 1.46. The summed E-state index contributed by atoms with van der Waals surface area (Å²) in [7, 11) is 0. The molecule has 55 heavy (non-hydrogen) atoms. The van der Waals surface area contributed by atoms with Crippen molar-refractivity contribution in [1.29, 1.82) is 0 Å². The largest absolute Gasteiger partial charge is 0.457 e. The number of carbonyl (C=O) groups excluding carboxylic acids is 1. The molecule has 3 N–H and O–H groups in total. The van der Waals surface area contributed by atoms with Gasteiger partial charge in [0, 0.05) is 23.7 Å². The van der Waals surface area contributed by atoms with Gasteiger partial charge < -0.3 is 34.5 Å². The Morgan fingerprint density at radius 1 is 0.745 bits per heavy atom. The van der Waals surface area contributed by atoms with Gasteiger partial charge in [0.25, 0.3) is 0 Å². The average Bonchev–Trinajstić information content (AvgIpc) is 3.64. The van der Waals surface area contributed by atoms with E-state index in [9.17, 15) is 9.90 Å². The number of urea groups is 1. The number of ether oxygens (including phenoxy) is 3. The van der Waals surface area contributed by atoms with Gasteiger partial charge in [-0.15, -0.1) is 0 Å². The van der Waals surface area contributed by atoms with Crippen LogP contribution in [-0.4, -0.2) is 26.8 Å². The highest BCUT2D eigenvalue weighted by Crippen LogP contribution is 2.43. The van der Waals surface area contributed by atoms with Crippen LogP contribution in [0.1, 0.15) is 41.6 Å². The molecule has 2 amide bonds. The Morgan fingerprint density at radius 2 is 1.47 bits per heavy atom. The summed E-state index contributed by atoms with van der Waals surface area (Å²) >= 11 is 0. The SMILES string of the molecule is C[C@H]1[C@@H](Cn2cnc3ccccc32)O[C@@H](c2cccc(-c3cccc(CNC(=O)Nc4ccc(Oc5ccccc5)cc4)c3)c2)O[C@H]1c1ccc(CO)cc1. The molecule has 1 saturated heterocycles. The fourth-order valence-corrected chi connectivity index (χ4v) is 6.99. The number of rotatable bonds is 11. The lowest BCUT2D eigenvalue weighted by atomic mass is 9.90. The first-order valence-corrected chi connectivity index (χ1v) is 18.5. The highest BCUT2D eigenvalue weighted by molar-refractivity contribution is 5.89. The predicted molar refractivity (Wildman–Crippen MR) is 213 cm³/mol. The molecular weight excluding hydrogens is 689 g/mol. The average molecular weight is 731 g/mol. The number of aliphatic hydroxyl groups is 1. The molecule has 0 spiro atoms. The number of carbonyl (C=O) groups is 1. The molecule has 4 atom stereocenters. The molecule has 1 aromatic heterocycles. The number of fused-ring (bicyclic) bond motifs is 1. The Labute approximate surface area is 320 Å². The second-order valence-electron chi connectivity index (χ2n) is 13.8. The molecule has 1 aliphatic rings. The highest BCUT2D eigenvalue weighted by Gasteiger charge is 2.38. The molecule has 2 heterocycles. The van der Waals surface area contributed by atoms with Crippen molar-refractivity contribution in [2.75, 3.05) is 5.32 Å². The summed E-state index contributed by atoms with van der Waals surface area (Å²) in [5, 5.41) is 15.5. The number of nitrogens with zero attached hydrogens (tertiary/aromatic N) is 2. The van der Waals surface area contributed by atoms with Crippen molar-refractivity contribution in [3.8, 4) is 22.6 Å². The van der Waals surface area contributed by atoms with E-state index < -0.39 is 6.29 Å². The van der Waals surface area contributed by atoms with Crippen LogP contribution in [0.5, 0.6) is 11.5 Å². The second kappa shape index (κ2) is 16.4. The molecule has 9 heteroatoms. The fraction of sp³-hybridized carbons (Fsp3) is 0.174. The zero-order chi connectivity index (χ0) is 37.6. The summed E-state index contributed by atoms with van der Waals surface area (Å²) in [4.78, 5) is 17.4. The number of hydrogen-bond acceptors (Lipinski definition) is 6. The summed E-state index contributed by atoms with van der Waals surface area (Å²) in [6.45, 7) is 3.12. The molecule has 0 aliphatic carbocycles. The monoisotopic (exact) mass is 730 g/mol. The van der Waals surface area contributed by atoms with Crippen molar-refractivity contribution in [1.82, 2.24) is 14.9 Å². The van der Waals surface area contributed by atoms with Gasteiger partial charge in [0.1, 0.15) is 11.5 Å². The molecule has 0 radical (unpaired) electrons. The first-order chi connectivity index (χ1) is 27.0. The molecule has 276 valence electrons. The van der Waals surface area contributed by atoms with Gasteiger partial charge in [-0.25, -0.2) is 9.78 Å². The summed E-state index contributed by atoms with van der Waals surface area (Å²) < 4.78 is 21.6. The molecule has 6 aromatic carbocycles. The Balaban J connectivity index is 0.960. The number of hydrogen-bond donors (Lipinski definition) is 3. The van der Waals surface area contributed by atoms with Crippen molar-refractivity contribution in [3.63, 3.8) is 0 Å². The molecule has 0 bridgehead atoms. The van der Waals surface area contributed by atoms with Gasteiger partial charge in [-0.3, -0.25) is 0 Å². The minimum atomic E-state index is -0.619. The first kappa shape index (κ1) is 35.8. The molecule has 0 saturated carbocycles. The van der Waals surface area contributed by atoms with Gasteiger partial charge in [0.2, 0.25) is 0 Å². The summed E-state index contributed by atoms with van der Waals surface area (Å²) in [6, 6.07) is 49.0. The lowest BCUT2D eigenvalue weighted by Crippen LogP contribution is -2.39. The summed E-state index contributed by atoms with van der Waals surface area (Å²) in [5.41, 5.74) is 8.44. The van der Waals surface area contributed by atoms with E-state index >= 15 is 0 Å². The van der Waals surface area contributed by atoms with Crippen molar-refractivity contribution < 1.29 is 24.1 Å². The second-order valence-corrected chi connectivity index (χ2v) is 13.8. The van der Waals surface area contributed by atoms with Crippen LogP contribution in [0.25, 0.3) is 22.2 Å². The number of aliphatic hydroxyl groups excluding tert-OH is 1. The predicted octanol–water partition coefficient (Wildman–Crippen LogP) is 9.80. The van der Waals surface area contributed by atoms with Gasteiger partial charge >= 0.3 is 6.03 Å². The molecular formula is C46H42N4O5. The van der Waals surface area contributed by atoms with Crippen LogP contribution in [0.2, 0.25) is 0 Å². The molecule has 8 rings (SSSR count). The van der Waals surface area contributed by atoms with E-state index in [1.807, 2.05) is 128 Å². The van der Waals surface area contributed by atoms with E-state index in [2.05, 4.69) is 57.4 Å². The molecule has 1 aliphatic heterocycles. The Kier molecular flexibility index (Phi) is 10.7. The van der Waals surface area contributed by atoms with Gasteiger partial charge in [0.15, 0.2) is 6.29 Å². The zero-order valence-electron chi connectivity index (χ0n) is 30.4. The van der Waals surface area contributed by atoms with E-state index in [-0.39, 0.29) is 30.8 Å². The van der Waals surface area contributed by atoms with Crippen molar-refractivity contribution in [2.45, 2.75) is 45.1 Å². The number of benzene rings is 6. The first-order valence-electron chi connectivity index (χ1n) is 18.5. The van der Waals surface area contributed by atoms with E-state index in [4.69, 9.17) is 14.2 Å². The van der Waals surface area contributed by atoms with Gasteiger partial charge in [-0.2, -0.15) is 0 Å². The van der Waals surface area contributed by atoms with Crippen molar-refractivity contribution in [3.05, 3.63) is 180 Å². The number of anilines is 1. The normalized spacial score (nSPS) is 18.1. The maximum atomic E-state index is 12.8. The smallest absolute Gasteiger partial charge is 0.319 e. The van der Waals surface area contributed by atoms with Gasteiger partial charge in [0.05, 0.1) is 42.7 Å². The Morgan fingerprint density at radius 3 is 2.27 bits per heavy atom. The third-order valence-electron chi connectivity index (χ3n) is 9.99. The van der Waals surface area contributed by atoms with Crippen LogP contribution in [0, 0.1) is 5.92 Å². The fourth-order valence-electron chi connectivity index (χ4n) is 6.99. The minimum Gasteiger partial charge on any atom is -0.457 e. The van der Waals surface area contributed by atoms with E-state index in [0.29, 0.717) is 24.5 Å². The third kappa shape index (κ3) is 8.45. The lowest BCUT2D eigenvalue weighted by molar-refractivity contribution is -0.276. The molecule has 0 unspecified atom stereocenters. The maximum absolute atomic E-state index is 12.8. The third-order valence-corrected chi connectivity index (χ3v) is 9.99. The van der Waals surface area contributed by atoms with Gasteiger partial charge in [-0.1, -0.05) is 97.9 Å². The Bertz CT molecular complexity index is 2360. The van der Waals surface area contributed by atoms with Crippen LogP contribution in [0.3, 0.4) is 0 Å². The van der Waals surface area contributed by atoms with E-state index in [1.165, 1.54) is 0 Å². The highest BCUT2D eigenvalue weighted by atomic mass is 16.7. The van der Waals surface area contributed by atoms with Gasteiger partial charge in [-0.05, 0) is 88.5 Å². The van der Waals surface area contributed by atoms with E-state index in [0.717, 1.165) is 50.2 Å². The number of nitrogens with one attached hydrogen (secondary N) is 2. The molecule has 9 nitrogen and oxygen atoms in total. The Hall–Kier alpha value is -6.26. The standard InChI is InChI=1S/C46H42N4O5/c1-31-43(28-50-30-48-41-15-5-6-16-42(41)50)54-45(55-44(31)34-19-17-32(29-51)18-20-34)37-12-8-11-36(26-37)35-10-7-9-33(25-35)27-47-46(52)49-38-21-23-40(24-22-38)53-39-13-3-2-4-14-39/h2-26,30-31,43-45,51H,27-29H2,1H3,(H2,47,49,52)/t31-,43+,44+,45+/m0/s1. The molecule has 7 aromatic rings. The summed E-state index contributed by atoms with van der Waals surface area (Å²) in [6.07, 6.45) is 0.841. The number of amides is 2. The van der Waals surface area contributed by atoms with Crippen LogP contribution in [0.4, 0.5) is 10.5 Å². The maximum Gasteiger partial charge on any atom is 0.319 e. The van der Waals surface area contributed by atoms with Crippen molar-refractivity contribution in [2.24, 2.45) is 5.92 Å². The quantitative estimate of drug-likeness (QED) is 0.122. The number of aromatic nitrogens is 2. The van der Waals surface area contributed by atoms with Crippen LogP contribution < -0.4 is 15.4 Å². The minimum absolute atomic E-state index is 0.0127. The topological polar surface area (TPSA) is 107 Å². The zero-order valence-corrected chi connectivity index (χ0v) is 30.4. The van der Waals surface area contributed by atoms with Crippen LogP contribution in [0.15, 0.2) is 158 Å². The van der Waals surface area contributed by atoms with Crippen LogP contribution in [-0.2, 0) is 29.2 Å². The number of para-hydroxylation sites is 3. The van der Waals surface area contributed by atoms with Crippen LogP contribution >= 0.6 is 0 Å².